The molecule has 1 aliphatic heterocycles. The average molecular weight is 321 g/mol. The summed E-state index contributed by atoms with van der Waals surface area (Å²) >= 11 is 0. The van der Waals surface area contributed by atoms with E-state index in [-0.39, 0.29) is 17.1 Å². The van der Waals surface area contributed by atoms with Gasteiger partial charge in [0, 0.05) is 5.56 Å². The number of nitrogens with two attached hydrogens (primary N) is 2. The molecular weight excluding hydrogens is 307 g/mol. The van der Waals surface area contributed by atoms with E-state index < -0.39 is 17.5 Å². The van der Waals surface area contributed by atoms with Crippen molar-refractivity contribution in [1.29, 1.82) is 0 Å². The molecule has 8 heteroatoms. The van der Waals surface area contributed by atoms with Crippen molar-refractivity contribution in [3.8, 4) is 11.1 Å². The largest absolute Gasteiger partial charge is 0.417 e. The molecule has 0 aliphatic carbocycles. The van der Waals surface area contributed by atoms with E-state index in [0.29, 0.717) is 5.56 Å². The molecule has 120 valence electrons. The monoisotopic (exact) mass is 321 g/mol. The quantitative estimate of drug-likeness (QED) is 0.680. The van der Waals surface area contributed by atoms with Crippen molar-refractivity contribution in [2.45, 2.75) is 12.0 Å². The second-order valence-corrected chi connectivity index (χ2v) is 5.14. The maximum absolute atomic E-state index is 13.5. The molecule has 23 heavy (non-hydrogen) atoms. The molecule has 3 rings (SSSR count). The molecule has 0 radical (unpaired) electrons. The first-order chi connectivity index (χ1) is 10.8. The fourth-order valence-corrected chi connectivity index (χ4v) is 2.43. The third-order valence-corrected chi connectivity index (χ3v) is 3.53. The van der Waals surface area contributed by atoms with Gasteiger partial charge in [-0.15, -0.1) is 0 Å². The van der Waals surface area contributed by atoms with Crippen molar-refractivity contribution in [2.24, 2.45) is 16.5 Å². The summed E-state index contributed by atoms with van der Waals surface area (Å²) in [4.78, 5) is 3.90. The van der Waals surface area contributed by atoms with Gasteiger partial charge >= 0.3 is 6.18 Å². The van der Waals surface area contributed by atoms with E-state index in [1.165, 1.54) is 12.1 Å². The van der Waals surface area contributed by atoms with E-state index in [2.05, 4.69) is 15.8 Å². The third kappa shape index (κ3) is 2.86. The van der Waals surface area contributed by atoms with Crippen LogP contribution in [0.3, 0.4) is 0 Å². The number of aliphatic imine (C=N–C) groups is 1. The van der Waals surface area contributed by atoms with Crippen LogP contribution < -0.4 is 22.3 Å². The zero-order valence-corrected chi connectivity index (χ0v) is 11.9. The fraction of sp³-hybridized carbons (Fsp3) is 0.133. The van der Waals surface area contributed by atoms with Crippen LogP contribution in [0.4, 0.5) is 13.2 Å². The van der Waals surface area contributed by atoms with Gasteiger partial charge in [0.1, 0.15) is 0 Å². The Labute approximate surface area is 130 Å². The zero-order chi connectivity index (χ0) is 16.7. The predicted molar refractivity (Wildman–Crippen MR) is 80.6 cm³/mol. The van der Waals surface area contributed by atoms with Crippen molar-refractivity contribution >= 4 is 5.96 Å². The van der Waals surface area contributed by atoms with E-state index in [4.69, 9.17) is 11.5 Å². The number of hydrogen-bond donors (Lipinski definition) is 4. The molecule has 0 spiro atoms. The number of alkyl halides is 3. The molecule has 0 aromatic heterocycles. The molecule has 1 heterocycles. The molecule has 5 nitrogen and oxygen atoms in total. The maximum Gasteiger partial charge on any atom is 0.417 e. The van der Waals surface area contributed by atoms with Gasteiger partial charge in [0.2, 0.25) is 11.7 Å². The van der Waals surface area contributed by atoms with Gasteiger partial charge in [-0.05, 0) is 17.2 Å². The van der Waals surface area contributed by atoms with Crippen LogP contribution in [0.25, 0.3) is 11.1 Å². The molecule has 1 unspecified atom stereocenters. The van der Waals surface area contributed by atoms with Gasteiger partial charge in [-0.1, -0.05) is 42.5 Å². The number of halogens is 3. The first kappa shape index (κ1) is 15.3. The minimum Gasteiger partial charge on any atom is -0.369 e. The summed E-state index contributed by atoms with van der Waals surface area (Å²) < 4.78 is 40.4. The van der Waals surface area contributed by atoms with Gasteiger partial charge in [-0.3, -0.25) is 11.2 Å². The normalized spacial score (nSPS) is 21.0. The van der Waals surface area contributed by atoms with Gasteiger partial charge in [0.05, 0.1) is 5.56 Å². The van der Waals surface area contributed by atoms with Crippen LogP contribution >= 0.6 is 0 Å². The van der Waals surface area contributed by atoms with E-state index in [1.807, 2.05) is 0 Å². The third-order valence-electron chi connectivity index (χ3n) is 3.53. The molecule has 6 N–H and O–H groups in total. The highest BCUT2D eigenvalue weighted by atomic mass is 19.4. The Bertz CT molecular complexity index is 757. The number of nitrogens with one attached hydrogen (secondary N) is 2. The highest BCUT2D eigenvalue weighted by Gasteiger charge is 2.38. The second-order valence-electron chi connectivity index (χ2n) is 5.14. The summed E-state index contributed by atoms with van der Waals surface area (Å²) in [6, 6.07) is 12.2. The van der Waals surface area contributed by atoms with Crippen LogP contribution in [0.1, 0.15) is 11.1 Å². The molecule has 1 atom stereocenters. The molecule has 2 aromatic carbocycles. The molecule has 0 saturated heterocycles. The number of nitrogens with zero attached hydrogens (tertiary/aromatic N) is 1. The smallest absolute Gasteiger partial charge is 0.369 e. The number of rotatable bonds is 2. The number of hydrogen-bond acceptors (Lipinski definition) is 5. The van der Waals surface area contributed by atoms with Crippen molar-refractivity contribution in [3.05, 3.63) is 59.7 Å². The van der Waals surface area contributed by atoms with E-state index >= 15 is 0 Å². The lowest BCUT2D eigenvalue weighted by Crippen LogP contribution is -2.50. The predicted octanol–water partition coefficient (Wildman–Crippen LogP) is 1.86. The van der Waals surface area contributed by atoms with E-state index in [9.17, 15) is 13.2 Å². The lowest BCUT2D eigenvalue weighted by atomic mass is 9.95. The Kier molecular flexibility index (Phi) is 3.50. The van der Waals surface area contributed by atoms with Crippen LogP contribution in [0.5, 0.6) is 0 Å². The average Bonchev–Trinajstić information content (AvgIpc) is 2.87. The van der Waals surface area contributed by atoms with Crippen LogP contribution in [-0.4, -0.2) is 5.96 Å². The fourth-order valence-electron chi connectivity index (χ4n) is 2.43. The Hall–Kier alpha value is -2.58. The summed E-state index contributed by atoms with van der Waals surface area (Å²) in [6.07, 6.45) is -4.53. The van der Waals surface area contributed by atoms with Crippen LogP contribution in [0.15, 0.2) is 53.5 Å². The van der Waals surface area contributed by atoms with Gasteiger partial charge in [0.25, 0.3) is 0 Å². The molecular formula is C15H14F3N5. The Morgan fingerprint density at radius 2 is 1.74 bits per heavy atom. The molecule has 0 bridgehead atoms. The molecule has 0 amide bonds. The highest BCUT2D eigenvalue weighted by molar-refractivity contribution is 5.79. The molecule has 0 saturated carbocycles. The van der Waals surface area contributed by atoms with Gasteiger partial charge in [0.15, 0.2) is 0 Å². The number of hydrazine groups is 1. The van der Waals surface area contributed by atoms with Crippen molar-refractivity contribution < 1.29 is 13.2 Å². The Balaban J connectivity index is 2.14. The second kappa shape index (κ2) is 5.25. The van der Waals surface area contributed by atoms with Crippen molar-refractivity contribution in [1.82, 2.24) is 10.9 Å². The van der Waals surface area contributed by atoms with Gasteiger partial charge < -0.3 is 5.73 Å². The Morgan fingerprint density at radius 3 is 2.30 bits per heavy atom. The van der Waals surface area contributed by atoms with Crippen LogP contribution in [-0.2, 0) is 12.0 Å². The summed E-state index contributed by atoms with van der Waals surface area (Å²) in [7, 11) is 0. The van der Waals surface area contributed by atoms with Crippen molar-refractivity contribution in [3.63, 3.8) is 0 Å². The number of guanidine groups is 1. The standard InChI is InChI=1S/C15H14F3N5/c16-14(17,18)12-8-10(15(20)21-13(19)22-23-15)6-7-11(12)9-4-2-1-3-5-9/h1-8,23H,20H2,(H3,19,21,22). The summed E-state index contributed by atoms with van der Waals surface area (Å²) in [5, 5.41) is 0. The topological polar surface area (TPSA) is 88.5 Å². The minimum atomic E-state index is -4.53. The maximum atomic E-state index is 13.5. The van der Waals surface area contributed by atoms with Gasteiger partial charge in [-0.2, -0.15) is 18.6 Å². The molecule has 2 aromatic rings. The minimum absolute atomic E-state index is 0.00759. The van der Waals surface area contributed by atoms with E-state index in [1.54, 1.807) is 30.3 Å². The Morgan fingerprint density at radius 1 is 1.04 bits per heavy atom. The van der Waals surface area contributed by atoms with E-state index in [0.717, 1.165) is 6.07 Å². The van der Waals surface area contributed by atoms with Gasteiger partial charge in [-0.25, -0.2) is 4.99 Å². The lowest BCUT2D eigenvalue weighted by molar-refractivity contribution is -0.137. The summed E-state index contributed by atoms with van der Waals surface area (Å²) in [5.41, 5.74) is 16.4. The molecule has 1 aliphatic rings. The lowest BCUT2D eigenvalue weighted by Gasteiger charge is -2.23. The highest BCUT2D eigenvalue weighted by Crippen LogP contribution is 2.39. The van der Waals surface area contributed by atoms with Crippen LogP contribution in [0.2, 0.25) is 0 Å². The summed E-state index contributed by atoms with van der Waals surface area (Å²) in [5.74, 6) is -1.53. The van der Waals surface area contributed by atoms with Crippen LogP contribution in [0, 0.1) is 0 Å². The first-order valence-electron chi connectivity index (χ1n) is 6.74. The first-order valence-corrected chi connectivity index (χ1v) is 6.74. The number of benzene rings is 2. The molecule has 0 fully saturated rings. The summed E-state index contributed by atoms with van der Waals surface area (Å²) in [6.45, 7) is 0. The van der Waals surface area contributed by atoms with Crippen molar-refractivity contribution in [2.75, 3.05) is 0 Å². The zero-order valence-electron chi connectivity index (χ0n) is 11.9. The SMILES string of the molecule is NC1=NC(N)(c2ccc(-c3ccccc3)c(C(F)(F)F)c2)NN1.